The van der Waals surface area contributed by atoms with Gasteiger partial charge in [0.05, 0.1) is 12.5 Å². The topological polar surface area (TPSA) is 29.5 Å². The molecule has 0 spiro atoms. The van der Waals surface area contributed by atoms with Crippen molar-refractivity contribution in [2.24, 2.45) is 5.41 Å². The molecular weight excluding hydrogens is 294 g/mol. The maximum atomic E-state index is 11.7. The Kier molecular flexibility index (Phi) is 4.79. The first-order valence-corrected chi connectivity index (χ1v) is 6.63. The maximum absolute atomic E-state index is 11.7. The highest BCUT2D eigenvalue weighted by Crippen LogP contribution is 2.27. The normalized spacial score (nSPS) is 11.2. The summed E-state index contributed by atoms with van der Waals surface area (Å²) in [5.74, 6) is -0.193. The van der Waals surface area contributed by atoms with Crippen LogP contribution in [0, 0.1) is 12.3 Å². The second kappa shape index (κ2) is 5.74. The van der Waals surface area contributed by atoms with Crippen LogP contribution in [0.1, 0.15) is 19.4 Å². The number of nitrogens with zero attached hydrogens (tertiary/aromatic N) is 1. The Balaban J connectivity index is 2.91. The van der Waals surface area contributed by atoms with E-state index in [2.05, 4.69) is 39.9 Å². The van der Waals surface area contributed by atoms with Crippen LogP contribution in [0.2, 0.25) is 0 Å². The molecule has 4 heteroatoms. The van der Waals surface area contributed by atoms with Crippen molar-refractivity contribution in [3.05, 3.63) is 28.2 Å². The highest BCUT2D eigenvalue weighted by Gasteiger charge is 2.30. The van der Waals surface area contributed by atoms with E-state index in [1.807, 2.05) is 27.0 Å². The minimum atomic E-state index is -0.530. The molecule has 1 aromatic rings. The number of rotatable bonds is 4. The molecule has 0 saturated carbocycles. The van der Waals surface area contributed by atoms with E-state index >= 15 is 0 Å². The molecule has 100 valence electrons. The van der Waals surface area contributed by atoms with Crippen molar-refractivity contribution < 1.29 is 9.53 Å². The zero-order valence-electron chi connectivity index (χ0n) is 11.6. The van der Waals surface area contributed by atoms with Gasteiger partial charge in [-0.3, -0.25) is 4.79 Å². The number of benzene rings is 1. The third kappa shape index (κ3) is 3.48. The van der Waals surface area contributed by atoms with Crippen molar-refractivity contribution in [3.8, 4) is 0 Å². The van der Waals surface area contributed by atoms with Gasteiger partial charge in [-0.2, -0.15) is 0 Å². The molecule has 0 bridgehead atoms. The minimum Gasteiger partial charge on any atom is -0.469 e. The molecule has 1 rings (SSSR count). The van der Waals surface area contributed by atoms with E-state index in [9.17, 15) is 4.79 Å². The lowest BCUT2D eigenvalue weighted by molar-refractivity contribution is -0.150. The molecule has 18 heavy (non-hydrogen) atoms. The Morgan fingerprint density at radius 3 is 2.61 bits per heavy atom. The molecule has 0 amide bonds. The van der Waals surface area contributed by atoms with E-state index in [1.54, 1.807) is 0 Å². The zero-order chi connectivity index (χ0) is 13.9. The van der Waals surface area contributed by atoms with Crippen LogP contribution in [0.15, 0.2) is 22.7 Å². The molecule has 0 aliphatic carbocycles. The van der Waals surface area contributed by atoms with Crippen molar-refractivity contribution in [3.63, 3.8) is 0 Å². The number of esters is 1. The van der Waals surface area contributed by atoms with Crippen LogP contribution in [0.3, 0.4) is 0 Å². The highest BCUT2D eigenvalue weighted by atomic mass is 79.9. The number of halogens is 1. The Morgan fingerprint density at radius 1 is 1.44 bits per heavy atom. The van der Waals surface area contributed by atoms with Gasteiger partial charge in [-0.15, -0.1) is 0 Å². The molecule has 3 nitrogen and oxygen atoms in total. The number of hydrogen-bond acceptors (Lipinski definition) is 3. The summed E-state index contributed by atoms with van der Waals surface area (Å²) in [4.78, 5) is 13.8. The third-order valence-corrected chi connectivity index (χ3v) is 3.45. The fourth-order valence-corrected chi connectivity index (χ4v) is 2.36. The second-order valence-corrected chi connectivity index (χ2v) is 6.08. The minimum absolute atomic E-state index is 0.193. The molecule has 0 heterocycles. The standard InChI is InChI=1S/C14H20BrNO2/c1-10-6-7-11(15)8-12(10)16(4)9-14(2,3)13(17)18-5/h6-8H,9H2,1-5H3. The number of aryl methyl sites for hydroxylation is 1. The van der Waals surface area contributed by atoms with Crippen LogP contribution in [0.25, 0.3) is 0 Å². The summed E-state index contributed by atoms with van der Waals surface area (Å²) in [6.07, 6.45) is 0. The van der Waals surface area contributed by atoms with Crippen LogP contribution in [0.4, 0.5) is 5.69 Å². The molecule has 0 saturated heterocycles. The molecule has 0 aliphatic rings. The van der Waals surface area contributed by atoms with E-state index in [0.29, 0.717) is 6.54 Å². The molecule has 0 atom stereocenters. The monoisotopic (exact) mass is 313 g/mol. The predicted octanol–water partition coefficient (Wildman–Crippen LogP) is 3.39. The zero-order valence-corrected chi connectivity index (χ0v) is 13.2. The molecule has 0 unspecified atom stereocenters. The molecular formula is C14H20BrNO2. The van der Waals surface area contributed by atoms with Gasteiger partial charge in [-0.1, -0.05) is 22.0 Å². The quantitative estimate of drug-likeness (QED) is 0.798. The summed E-state index contributed by atoms with van der Waals surface area (Å²) in [5.41, 5.74) is 1.76. The number of hydrogen-bond donors (Lipinski definition) is 0. The fourth-order valence-electron chi connectivity index (χ4n) is 2.01. The largest absolute Gasteiger partial charge is 0.469 e. The lowest BCUT2D eigenvalue weighted by atomic mass is 9.92. The lowest BCUT2D eigenvalue weighted by Gasteiger charge is -2.30. The predicted molar refractivity (Wildman–Crippen MR) is 77.9 cm³/mol. The second-order valence-electron chi connectivity index (χ2n) is 5.16. The molecule has 0 N–H and O–H groups in total. The van der Waals surface area contributed by atoms with Gasteiger partial charge in [0.25, 0.3) is 0 Å². The Labute approximate surface area is 117 Å². The number of ether oxygens (including phenoxy) is 1. The van der Waals surface area contributed by atoms with Gasteiger partial charge in [0.15, 0.2) is 0 Å². The van der Waals surface area contributed by atoms with Gasteiger partial charge in [0.1, 0.15) is 0 Å². The number of carbonyl (C=O) groups excluding carboxylic acids is 1. The van der Waals surface area contributed by atoms with E-state index in [1.165, 1.54) is 12.7 Å². The van der Waals surface area contributed by atoms with E-state index in [-0.39, 0.29) is 5.97 Å². The lowest BCUT2D eigenvalue weighted by Crippen LogP contribution is -2.38. The molecule has 0 aliphatic heterocycles. The van der Waals surface area contributed by atoms with Crippen molar-refractivity contribution in [2.75, 3.05) is 25.6 Å². The molecule has 0 aromatic heterocycles. The molecule has 0 fully saturated rings. The maximum Gasteiger partial charge on any atom is 0.313 e. The first kappa shape index (κ1) is 15.0. The van der Waals surface area contributed by atoms with Gasteiger partial charge < -0.3 is 9.64 Å². The van der Waals surface area contributed by atoms with E-state index in [0.717, 1.165) is 10.2 Å². The van der Waals surface area contributed by atoms with Gasteiger partial charge in [0.2, 0.25) is 0 Å². The van der Waals surface area contributed by atoms with Gasteiger partial charge in [0, 0.05) is 23.8 Å². The summed E-state index contributed by atoms with van der Waals surface area (Å²) < 4.78 is 5.86. The van der Waals surface area contributed by atoms with Crippen molar-refractivity contribution in [1.29, 1.82) is 0 Å². The summed E-state index contributed by atoms with van der Waals surface area (Å²) in [7, 11) is 3.41. The number of methoxy groups -OCH3 is 1. The summed E-state index contributed by atoms with van der Waals surface area (Å²) in [6.45, 7) is 6.45. The first-order valence-electron chi connectivity index (χ1n) is 5.83. The van der Waals surface area contributed by atoms with E-state index in [4.69, 9.17) is 4.74 Å². The third-order valence-electron chi connectivity index (χ3n) is 2.95. The van der Waals surface area contributed by atoms with Crippen molar-refractivity contribution >= 4 is 27.6 Å². The van der Waals surface area contributed by atoms with Crippen LogP contribution in [-0.4, -0.2) is 26.7 Å². The average molecular weight is 314 g/mol. The Morgan fingerprint density at radius 2 is 2.06 bits per heavy atom. The Hall–Kier alpha value is -1.03. The molecule has 1 aromatic carbocycles. The van der Waals surface area contributed by atoms with Crippen LogP contribution in [-0.2, 0) is 9.53 Å². The van der Waals surface area contributed by atoms with Crippen LogP contribution < -0.4 is 4.90 Å². The van der Waals surface area contributed by atoms with Crippen LogP contribution in [0.5, 0.6) is 0 Å². The molecule has 0 radical (unpaired) electrons. The summed E-state index contributed by atoms with van der Waals surface area (Å²) >= 11 is 3.47. The first-order chi connectivity index (χ1) is 8.27. The van der Waals surface area contributed by atoms with Crippen LogP contribution >= 0.6 is 15.9 Å². The number of anilines is 1. The van der Waals surface area contributed by atoms with Crippen molar-refractivity contribution in [1.82, 2.24) is 0 Å². The summed E-state index contributed by atoms with van der Waals surface area (Å²) in [6, 6.07) is 6.13. The van der Waals surface area contributed by atoms with Gasteiger partial charge >= 0.3 is 5.97 Å². The Bertz CT molecular complexity index is 443. The van der Waals surface area contributed by atoms with Gasteiger partial charge in [-0.25, -0.2) is 0 Å². The number of carbonyl (C=O) groups is 1. The van der Waals surface area contributed by atoms with Gasteiger partial charge in [-0.05, 0) is 38.5 Å². The van der Waals surface area contributed by atoms with E-state index < -0.39 is 5.41 Å². The fraction of sp³-hybridized carbons (Fsp3) is 0.500. The van der Waals surface area contributed by atoms with Crippen molar-refractivity contribution in [2.45, 2.75) is 20.8 Å². The smallest absolute Gasteiger partial charge is 0.313 e. The summed E-state index contributed by atoms with van der Waals surface area (Å²) in [5, 5.41) is 0. The highest BCUT2D eigenvalue weighted by molar-refractivity contribution is 9.10. The average Bonchev–Trinajstić information content (AvgIpc) is 2.30. The SMILES string of the molecule is COC(=O)C(C)(C)CN(C)c1cc(Br)ccc1C.